The minimum Gasteiger partial charge on any atom is -0.508 e. The van der Waals surface area contributed by atoms with Gasteiger partial charge in [0.2, 0.25) is 10.0 Å². The number of rotatable bonds is 7. The van der Waals surface area contributed by atoms with Crippen molar-refractivity contribution in [1.29, 1.82) is 0 Å². The average Bonchev–Trinajstić information content (AvgIpc) is 2.54. The summed E-state index contributed by atoms with van der Waals surface area (Å²) in [6, 6.07) is 9.57. The quantitative estimate of drug-likeness (QED) is 0.673. The number of carboxylic acids is 1. The summed E-state index contributed by atoms with van der Waals surface area (Å²) in [5.74, 6) is -1.19. The topological polar surface area (TPSA) is 104 Å². The van der Waals surface area contributed by atoms with Crippen LogP contribution in [0.2, 0.25) is 0 Å². The number of hydrogen-bond acceptors (Lipinski definition) is 4. The maximum atomic E-state index is 13.1. The van der Waals surface area contributed by atoms with Crippen molar-refractivity contribution in [2.75, 3.05) is 0 Å². The van der Waals surface area contributed by atoms with E-state index in [1.54, 1.807) is 45.0 Å². The summed E-state index contributed by atoms with van der Waals surface area (Å²) in [4.78, 5) is 12.2. The SMILES string of the molecule is CCC(Cc1ccc(O)cc1)(NS(=O)(=O)c1c(C)cc(C)cc1C)C(=O)O. The van der Waals surface area contributed by atoms with Crippen molar-refractivity contribution in [2.45, 2.75) is 51.0 Å². The molecule has 146 valence electrons. The molecule has 27 heavy (non-hydrogen) atoms. The summed E-state index contributed by atoms with van der Waals surface area (Å²) >= 11 is 0. The zero-order chi connectivity index (χ0) is 20.4. The Kier molecular flexibility index (Phi) is 5.97. The highest BCUT2D eigenvalue weighted by molar-refractivity contribution is 7.89. The lowest BCUT2D eigenvalue weighted by Gasteiger charge is -2.30. The van der Waals surface area contributed by atoms with E-state index in [0.29, 0.717) is 16.7 Å². The van der Waals surface area contributed by atoms with Gasteiger partial charge in [0.05, 0.1) is 4.90 Å². The van der Waals surface area contributed by atoms with Gasteiger partial charge in [-0.3, -0.25) is 4.79 Å². The normalized spacial score (nSPS) is 13.9. The molecule has 0 bridgehead atoms. The first-order valence-electron chi connectivity index (χ1n) is 8.64. The Hall–Kier alpha value is -2.38. The summed E-state index contributed by atoms with van der Waals surface area (Å²) < 4.78 is 28.6. The van der Waals surface area contributed by atoms with Crippen LogP contribution in [0.25, 0.3) is 0 Å². The van der Waals surface area contributed by atoms with E-state index in [1.165, 1.54) is 12.1 Å². The summed E-state index contributed by atoms with van der Waals surface area (Å²) in [5.41, 5.74) is 0.990. The van der Waals surface area contributed by atoms with Gasteiger partial charge >= 0.3 is 5.97 Å². The maximum absolute atomic E-state index is 13.1. The van der Waals surface area contributed by atoms with E-state index in [0.717, 1.165) is 5.56 Å². The van der Waals surface area contributed by atoms with E-state index in [2.05, 4.69) is 4.72 Å². The molecule has 0 spiro atoms. The first-order valence-corrected chi connectivity index (χ1v) is 10.1. The van der Waals surface area contributed by atoms with E-state index in [4.69, 9.17) is 0 Å². The largest absolute Gasteiger partial charge is 0.508 e. The Morgan fingerprint density at radius 2 is 1.59 bits per heavy atom. The number of aromatic hydroxyl groups is 1. The minimum absolute atomic E-state index is 0.0394. The van der Waals surface area contributed by atoms with Crippen molar-refractivity contribution in [1.82, 2.24) is 4.72 Å². The molecule has 0 aliphatic rings. The van der Waals surface area contributed by atoms with Gasteiger partial charge in [-0.05, 0) is 56.0 Å². The molecule has 0 amide bonds. The molecule has 0 fully saturated rings. The number of phenolic OH excluding ortho intramolecular Hbond substituents is 1. The van der Waals surface area contributed by atoms with E-state index >= 15 is 0 Å². The van der Waals surface area contributed by atoms with Crippen LogP contribution in [0, 0.1) is 20.8 Å². The molecule has 3 N–H and O–H groups in total. The van der Waals surface area contributed by atoms with Crippen molar-refractivity contribution >= 4 is 16.0 Å². The molecule has 0 radical (unpaired) electrons. The molecular formula is C20H25NO5S. The van der Waals surface area contributed by atoms with E-state index in [9.17, 15) is 23.4 Å². The van der Waals surface area contributed by atoms with Crippen LogP contribution in [0.3, 0.4) is 0 Å². The smallest absolute Gasteiger partial charge is 0.325 e. The van der Waals surface area contributed by atoms with E-state index < -0.39 is 21.5 Å². The lowest BCUT2D eigenvalue weighted by molar-refractivity contribution is -0.144. The van der Waals surface area contributed by atoms with E-state index in [-0.39, 0.29) is 23.5 Å². The second kappa shape index (κ2) is 7.70. The molecule has 7 heteroatoms. The van der Waals surface area contributed by atoms with Gasteiger partial charge in [0.1, 0.15) is 11.3 Å². The second-order valence-electron chi connectivity index (χ2n) is 6.92. The van der Waals surface area contributed by atoms with Crippen molar-refractivity contribution in [3.8, 4) is 5.75 Å². The maximum Gasteiger partial charge on any atom is 0.325 e. The number of aryl methyl sites for hydroxylation is 3. The van der Waals surface area contributed by atoms with E-state index in [1.807, 2.05) is 6.92 Å². The second-order valence-corrected chi connectivity index (χ2v) is 8.54. The number of carboxylic acid groups (broad SMARTS) is 1. The lowest BCUT2D eigenvalue weighted by Crippen LogP contribution is -2.55. The highest BCUT2D eigenvalue weighted by Crippen LogP contribution is 2.26. The Morgan fingerprint density at radius 3 is 2.04 bits per heavy atom. The van der Waals surface area contributed by atoms with Gasteiger partial charge in [-0.25, -0.2) is 8.42 Å². The number of benzene rings is 2. The molecule has 0 aliphatic heterocycles. The predicted molar refractivity (Wildman–Crippen MR) is 103 cm³/mol. The Balaban J connectivity index is 2.49. The van der Waals surface area contributed by atoms with Gasteiger partial charge in [0.25, 0.3) is 0 Å². The molecule has 0 aromatic heterocycles. The molecule has 0 saturated heterocycles. The fraction of sp³-hybridized carbons (Fsp3) is 0.350. The molecule has 0 aliphatic carbocycles. The van der Waals surface area contributed by atoms with Crippen molar-refractivity contribution < 1.29 is 23.4 Å². The first-order chi connectivity index (χ1) is 12.5. The van der Waals surface area contributed by atoms with Gasteiger partial charge in [-0.15, -0.1) is 0 Å². The minimum atomic E-state index is -4.06. The zero-order valence-electron chi connectivity index (χ0n) is 15.9. The molecule has 2 aromatic carbocycles. The molecule has 1 atom stereocenters. The third-order valence-corrected chi connectivity index (χ3v) is 6.50. The number of carbonyl (C=O) groups is 1. The van der Waals surface area contributed by atoms with Crippen LogP contribution in [-0.4, -0.2) is 30.1 Å². The van der Waals surface area contributed by atoms with Crippen LogP contribution in [0.15, 0.2) is 41.3 Å². The predicted octanol–water partition coefficient (Wildman–Crippen LogP) is 3.07. The summed E-state index contributed by atoms with van der Waals surface area (Å²) in [5, 5.41) is 19.3. The summed E-state index contributed by atoms with van der Waals surface area (Å²) in [6.07, 6.45) is 0.0225. The van der Waals surface area contributed by atoms with Gasteiger partial charge in [0, 0.05) is 6.42 Å². The van der Waals surface area contributed by atoms with Crippen LogP contribution in [0.1, 0.15) is 35.6 Å². The van der Waals surface area contributed by atoms with Crippen LogP contribution >= 0.6 is 0 Å². The Bertz CT molecular complexity index is 928. The first kappa shape index (κ1) is 20.9. The number of nitrogens with one attached hydrogen (secondary N) is 1. The van der Waals surface area contributed by atoms with Crippen LogP contribution < -0.4 is 4.72 Å². The standard InChI is InChI=1S/C20H25NO5S/c1-5-20(19(23)24,12-16-6-8-17(22)9-7-16)21-27(25,26)18-14(3)10-13(2)11-15(18)4/h6-11,21-22H,5,12H2,1-4H3,(H,23,24). The number of phenols is 1. The molecule has 2 aromatic rings. The summed E-state index contributed by atoms with van der Waals surface area (Å²) in [7, 11) is -4.06. The number of sulfonamides is 1. The van der Waals surface area contributed by atoms with Crippen LogP contribution in [0.4, 0.5) is 0 Å². The van der Waals surface area contributed by atoms with Crippen molar-refractivity contribution in [3.05, 3.63) is 58.7 Å². The van der Waals surface area contributed by atoms with Gasteiger partial charge in [0.15, 0.2) is 0 Å². The average molecular weight is 391 g/mol. The van der Waals surface area contributed by atoms with Crippen LogP contribution in [0.5, 0.6) is 5.75 Å². The molecule has 2 rings (SSSR count). The van der Waals surface area contributed by atoms with Crippen molar-refractivity contribution in [3.63, 3.8) is 0 Å². The Labute approximate surface area is 159 Å². The van der Waals surface area contributed by atoms with Crippen molar-refractivity contribution in [2.24, 2.45) is 0 Å². The molecule has 6 nitrogen and oxygen atoms in total. The highest BCUT2D eigenvalue weighted by atomic mass is 32.2. The zero-order valence-corrected chi connectivity index (χ0v) is 16.7. The molecule has 0 saturated carbocycles. The fourth-order valence-electron chi connectivity index (χ4n) is 3.36. The monoisotopic (exact) mass is 391 g/mol. The molecule has 1 unspecified atom stereocenters. The molecule has 0 heterocycles. The van der Waals surface area contributed by atoms with Crippen LogP contribution in [-0.2, 0) is 21.2 Å². The third kappa shape index (κ3) is 4.48. The third-order valence-electron chi connectivity index (χ3n) is 4.66. The number of aliphatic carboxylic acids is 1. The lowest BCUT2D eigenvalue weighted by atomic mass is 9.89. The van der Waals surface area contributed by atoms with Gasteiger partial charge in [-0.2, -0.15) is 4.72 Å². The summed E-state index contributed by atoms with van der Waals surface area (Å²) in [6.45, 7) is 6.90. The highest BCUT2D eigenvalue weighted by Gasteiger charge is 2.41. The van der Waals surface area contributed by atoms with Gasteiger partial charge < -0.3 is 10.2 Å². The fourth-order valence-corrected chi connectivity index (χ4v) is 5.25. The van der Waals surface area contributed by atoms with Gasteiger partial charge in [-0.1, -0.05) is 36.8 Å². The molecular weight excluding hydrogens is 366 g/mol. The number of hydrogen-bond donors (Lipinski definition) is 3. The Morgan fingerprint density at radius 1 is 1.07 bits per heavy atom.